The van der Waals surface area contributed by atoms with Crippen molar-refractivity contribution in [1.82, 2.24) is 4.90 Å². The number of carbonyl (C=O) groups is 1. The highest BCUT2D eigenvalue weighted by Crippen LogP contribution is 2.18. The van der Waals surface area contributed by atoms with Gasteiger partial charge in [0.25, 0.3) is 0 Å². The van der Waals surface area contributed by atoms with Crippen LogP contribution < -0.4 is 10.5 Å². The SMILES string of the molecule is Cc1cccc(OCCC(=O)N2CCCC(C(N)=S)C2)c1. The fourth-order valence-corrected chi connectivity index (χ4v) is 2.75. The average Bonchev–Trinajstić information content (AvgIpc) is 2.47. The number of rotatable bonds is 5. The third-order valence-electron chi connectivity index (χ3n) is 3.75. The number of hydrogen-bond donors (Lipinski definition) is 1. The van der Waals surface area contributed by atoms with E-state index in [9.17, 15) is 4.79 Å². The van der Waals surface area contributed by atoms with Crippen LogP contribution in [0.2, 0.25) is 0 Å². The predicted octanol–water partition coefficient (Wildman–Crippen LogP) is 2.29. The molecule has 5 heteroatoms. The predicted molar refractivity (Wildman–Crippen MR) is 87.4 cm³/mol. The van der Waals surface area contributed by atoms with Crippen molar-refractivity contribution < 1.29 is 9.53 Å². The first-order chi connectivity index (χ1) is 10.1. The van der Waals surface area contributed by atoms with Crippen LogP contribution in [-0.2, 0) is 4.79 Å². The number of aryl methyl sites for hydroxylation is 1. The Morgan fingerprint density at radius 1 is 1.52 bits per heavy atom. The van der Waals surface area contributed by atoms with Gasteiger partial charge in [-0.25, -0.2) is 0 Å². The summed E-state index contributed by atoms with van der Waals surface area (Å²) in [5.41, 5.74) is 6.84. The lowest BCUT2D eigenvalue weighted by Gasteiger charge is -2.32. The summed E-state index contributed by atoms with van der Waals surface area (Å²) in [6.45, 7) is 3.86. The molecular weight excluding hydrogens is 284 g/mol. The number of thiocarbonyl (C=S) groups is 1. The van der Waals surface area contributed by atoms with Gasteiger partial charge in [0.15, 0.2) is 0 Å². The molecule has 1 amide bonds. The van der Waals surface area contributed by atoms with Crippen LogP contribution in [0.4, 0.5) is 0 Å². The number of ether oxygens (including phenoxy) is 1. The van der Waals surface area contributed by atoms with E-state index >= 15 is 0 Å². The Labute approximate surface area is 131 Å². The van der Waals surface area contributed by atoms with Gasteiger partial charge in [0.2, 0.25) is 5.91 Å². The maximum absolute atomic E-state index is 12.2. The number of nitrogens with two attached hydrogens (primary N) is 1. The molecular formula is C16H22N2O2S. The van der Waals surface area contributed by atoms with Crippen LogP contribution in [0.3, 0.4) is 0 Å². The van der Waals surface area contributed by atoms with E-state index in [0.717, 1.165) is 30.7 Å². The van der Waals surface area contributed by atoms with Crippen molar-refractivity contribution in [2.45, 2.75) is 26.2 Å². The standard InChI is InChI=1S/C16H22N2O2S/c1-12-4-2-6-14(10-12)20-9-7-15(19)18-8-3-5-13(11-18)16(17)21/h2,4,6,10,13H,3,5,7-9,11H2,1H3,(H2,17,21). The summed E-state index contributed by atoms with van der Waals surface area (Å²) in [6, 6.07) is 7.83. The second-order valence-corrected chi connectivity index (χ2v) is 5.97. The van der Waals surface area contributed by atoms with Crippen LogP contribution in [0.1, 0.15) is 24.8 Å². The van der Waals surface area contributed by atoms with Crippen LogP contribution in [0, 0.1) is 12.8 Å². The molecule has 0 bridgehead atoms. The highest BCUT2D eigenvalue weighted by Gasteiger charge is 2.24. The zero-order valence-electron chi connectivity index (χ0n) is 12.4. The van der Waals surface area contributed by atoms with Crippen LogP contribution >= 0.6 is 12.2 Å². The fraction of sp³-hybridized carbons (Fsp3) is 0.500. The molecule has 2 rings (SSSR count). The van der Waals surface area contributed by atoms with E-state index in [1.807, 2.05) is 36.1 Å². The smallest absolute Gasteiger partial charge is 0.226 e. The van der Waals surface area contributed by atoms with Crippen molar-refractivity contribution in [3.8, 4) is 5.75 Å². The summed E-state index contributed by atoms with van der Waals surface area (Å²) >= 11 is 5.03. The molecule has 21 heavy (non-hydrogen) atoms. The van der Waals surface area contributed by atoms with Gasteiger partial charge in [-0.1, -0.05) is 24.4 Å². The normalized spacial score (nSPS) is 18.3. The van der Waals surface area contributed by atoms with Gasteiger partial charge in [-0.15, -0.1) is 0 Å². The maximum atomic E-state index is 12.2. The molecule has 1 aliphatic rings. The third kappa shape index (κ3) is 4.70. The maximum Gasteiger partial charge on any atom is 0.226 e. The van der Waals surface area contributed by atoms with Crippen molar-refractivity contribution in [2.24, 2.45) is 11.7 Å². The van der Waals surface area contributed by atoms with Crippen LogP contribution in [0.25, 0.3) is 0 Å². The first kappa shape index (κ1) is 15.8. The van der Waals surface area contributed by atoms with Gasteiger partial charge in [-0.3, -0.25) is 4.79 Å². The largest absolute Gasteiger partial charge is 0.493 e. The molecule has 0 aromatic heterocycles. The highest BCUT2D eigenvalue weighted by molar-refractivity contribution is 7.80. The number of likely N-dealkylation sites (tertiary alicyclic amines) is 1. The first-order valence-electron chi connectivity index (χ1n) is 7.33. The number of amides is 1. The van der Waals surface area contributed by atoms with Crippen LogP contribution in [0.5, 0.6) is 5.75 Å². The van der Waals surface area contributed by atoms with Gasteiger partial charge in [0.1, 0.15) is 5.75 Å². The Kier molecular flexibility index (Phi) is 5.56. The van der Waals surface area contributed by atoms with E-state index in [4.69, 9.17) is 22.7 Å². The van der Waals surface area contributed by atoms with Gasteiger partial charge in [0.05, 0.1) is 18.0 Å². The number of benzene rings is 1. The minimum Gasteiger partial charge on any atom is -0.493 e. The lowest BCUT2D eigenvalue weighted by molar-refractivity contribution is -0.133. The quantitative estimate of drug-likeness (QED) is 0.848. The number of hydrogen-bond acceptors (Lipinski definition) is 3. The second kappa shape index (κ2) is 7.41. The Bertz CT molecular complexity index is 519. The summed E-state index contributed by atoms with van der Waals surface area (Å²) < 4.78 is 5.62. The zero-order valence-corrected chi connectivity index (χ0v) is 13.2. The minimum atomic E-state index is 0.114. The van der Waals surface area contributed by atoms with E-state index in [1.165, 1.54) is 0 Å². The number of carbonyl (C=O) groups excluding carboxylic acids is 1. The lowest BCUT2D eigenvalue weighted by atomic mass is 9.98. The number of piperidine rings is 1. The second-order valence-electron chi connectivity index (χ2n) is 5.50. The molecule has 1 saturated heterocycles. The molecule has 4 nitrogen and oxygen atoms in total. The van der Waals surface area contributed by atoms with E-state index in [1.54, 1.807) is 0 Å². The highest BCUT2D eigenvalue weighted by atomic mass is 32.1. The molecule has 1 heterocycles. The van der Waals surface area contributed by atoms with Crippen molar-refractivity contribution in [1.29, 1.82) is 0 Å². The van der Waals surface area contributed by atoms with E-state index in [2.05, 4.69) is 0 Å². The van der Waals surface area contributed by atoms with Crippen LogP contribution in [0.15, 0.2) is 24.3 Å². The van der Waals surface area contributed by atoms with Gasteiger partial charge < -0.3 is 15.4 Å². The van der Waals surface area contributed by atoms with Crippen molar-refractivity contribution in [3.63, 3.8) is 0 Å². The Morgan fingerprint density at radius 3 is 3.05 bits per heavy atom. The zero-order chi connectivity index (χ0) is 15.2. The fourth-order valence-electron chi connectivity index (χ4n) is 2.56. The minimum absolute atomic E-state index is 0.114. The van der Waals surface area contributed by atoms with E-state index in [-0.39, 0.29) is 11.8 Å². The molecule has 1 atom stereocenters. The summed E-state index contributed by atoms with van der Waals surface area (Å²) in [5.74, 6) is 1.08. The Morgan fingerprint density at radius 2 is 2.33 bits per heavy atom. The van der Waals surface area contributed by atoms with Crippen molar-refractivity contribution >= 4 is 23.1 Å². The molecule has 1 fully saturated rings. The van der Waals surface area contributed by atoms with Gasteiger partial charge in [0, 0.05) is 19.0 Å². The lowest BCUT2D eigenvalue weighted by Crippen LogP contribution is -2.43. The topological polar surface area (TPSA) is 55.6 Å². The summed E-state index contributed by atoms with van der Waals surface area (Å²) in [7, 11) is 0. The van der Waals surface area contributed by atoms with E-state index < -0.39 is 0 Å². The molecule has 1 aromatic rings. The van der Waals surface area contributed by atoms with Gasteiger partial charge in [-0.2, -0.15) is 0 Å². The molecule has 0 aliphatic carbocycles. The first-order valence-corrected chi connectivity index (χ1v) is 7.73. The van der Waals surface area contributed by atoms with E-state index in [0.29, 0.717) is 24.6 Å². The molecule has 0 spiro atoms. The van der Waals surface area contributed by atoms with Crippen molar-refractivity contribution in [2.75, 3.05) is 19.7 Å². The molecule has 0 saturated carbocycles. The summed E-state index contributed by atoms with van der Waals surface area (Å²) in [6.07, 6.45) is 2.34. The third-order valence-corrected chi connectivity index (χ3v) is 4.08. The Balaban J connectivity index is 1.78. The van der Waals surface area contributed by atoms with Crippen LogP contribution in [-0.4, -0.2) is 35.5 Å². The summed E-state index contributed by atoms with van der Waals surface area (Å²) in [5, 5.41) is 0. The Hall–Kier alpha value is -1.62. The molecule has 2 N–H and O–H groups in total. The van der Waals surface area contributed by atoms with Gasteiger partial charge in [-0.05, 0) is 37.5 Å². The monoisotopic (exact) mass is 306 g/mol. The van der Waals surface area contributed by atoms with Crippen molar-refractivity contribution in [3.05, 3.63) is 29.8 Å². The number of nitrogens with zero attached hydrogens (tertiary/aromatic N) is 1. The molecule has 114 valence electrons. The molecule has 1 unspecified atom stereocenters. The average molecular weight is 306 g/mol. The molecule has 1 aliphatic heterocycles. The summed E-state index contributed by atoms with van der Waals surface area (Å²) in [4.78, 5) is 14.6. The van der Waals surface area contributed by atoms with Gasteiger partial charge >= 0.3 is 0 Å². The molecule has 1 aromatic carbocycles. The molecule has 0 radical (unpaired) electrons.